The molecular weight excluding hydrogens is 244 g/mol. The number of carboxylic acid groups (broad SMARTS) is 1. The monoisotopic (exact) mass is 264 g/mol. The van der Waals surface area contributed by atoms with E-state index in [1.165, 1.54) is 0 Å². The largest absolute Gasteiger partial charge is 0.544 e. The molecular formula is C14H20O3Si. The number of hydrogen-bond donors (Lipinski definition) is 1. The molecule has 1 rings (SSSR count). The van der Waals surface area contributed by atoms with Crippen molar-refractivity contribution in [2.45, 2.75) is 32.5 Å². The molecule has 0 aromatic heterocycles. The molecule has 0 fully saturated rings. The number of hydrogen-bond acceptors (Lipinski definition) is 2. The predicted molar refractivity (Wildman–Crippen MR) is 75.7 cm³/mol. The Morgan fingerprint density at radius 2 is 1.89 bits per heavy atom. The van der Waals surface area contributed by atoms with Crippen molar-refractivity contribution in [3.8, 4) is 0 Å². The second-order valence-electron chi connectivity index (χ2n) is 5.08. The highest BCUT2D eigenvalue weighted by Gasteiger charge is 2.18. The summed E-state index contributed by atoms with van der Waals surface area (Å²) in [6, 6.07) is 9.81. The van der Waals surface area contributed by atoms with Crippen molar-refractivity contribution in [2.75, 3.05) is 0 Å². The number of aliphatic carboxylic acids is 1. The molecule has 4 heteroatoms. The first-order chi connectivity index (χ1) is 8.38. The van der Waals surface area contributed by atoms with E-state index in [1.807, 2.05) is 36.4 Å². The molecule has 98 valence electrons. The lowest BCUT2D eigenvalue weighted by Gasteiger charge is -2.22. The summed E-state index contributed by atoms with van der Waals surface area (Å²) in [6.07, 6.45) is 2.50. The van der Waals surface area contributed by atoms with E-state index in [0.29, 0.717) is 6.42 Å². The Morgan fingerprint density at radius 1 is 1.28 bits per heavy atom. The van der Waals surface area contributed by atoms with Crippen molar-refractivity contribution in [3.63, 3.8) is 0 Å². The fourth-order valence-electron chi connectivity index (χ4n) is 1.48. The molecule has 0 saturated heterocycles. The van der Waals surface area contributed by atoms with Crippen LogP contribution in [0, 0.1) is 0 Å². The van der Waals surface area contributed by atoms with E-state index in [1.54, 1.807) is 0 Å². The minimum Gasteiger partial charge on any atom is -0.544 e. The molecule has 0 atom stereocenters. The van der Waals surface area contributed by atoms with E-state index < -0.39 is 14.3 Å². The number of rotatable bonds is 6. The molecule has 0 aliphatic heterocycles. The Bertz CT molecular complexity index is 418. The van der Waals surface area contributed by atoms with Gasteiger partial charge in [-0.25, -0.2) is 0 Å². The summed E-state index contributed by atoms with van der Waals surface area (Å²) in [5.74, 6) is 0.0164. The number of carbonyl (C=O) groups is 1. The Balaban J connectivity index is 2.85. The van der Waals surface area contributed by atoms with Crippen LogP contribution in [0.1, 0.15) is 18.4 Å². The third kappa shape index (κ3) is 5.68. The molecule has 0 amide bonds. The molecule has 0 radical (unpaired) electrons. The fraction of sp³-hybridized carbons (Fsp3) is 0.357. The Labute approximate surface area is 109 Å². The Hall–Kier alpha value is -1.55. The first kappa shape index (κ1) is 14.5. The first-order valence-corrected chi connectivity index (χ1v) is 9.46. The van der Waals surface area contributed by atoms with Gasteiger partial charge in [0.25, 0.3) is 0 Å². The Morgan fingerprint density at radius 3 is 2.39 bits per heavy atom. The third-order valence-electron chi connectivity index (χ3n) is 2.16. The van der Waals surface area contributed by atoms with Crippen molar-refractivity contribution in [1.29, 1.82) is 0 Å². The van der Waals surface area contributed by atoms with Crippen LogP contribution in [0.2, 0.25) is 19.6 Å². The zero-order valence-corrected chi connectivity index (χ0v) is 12.1. The maximum Gasteiger partial charge on any atom is 0.303 e. The highest BCUT2D eigenvalue weighted by molar-refractivity contribution is 6.70. The minimum atomic E-state index is -1.70. The van der Waals surface area contributed by atoms with Gasteiger partial charge in [0.2, 0.25) is 8.32 Å². The lowest BCUT2D eigenvalue weighted by Crippen LogP contribution is -2.24. The highest BCUT2D eigenvalue weighted by Crippen LogP contribution is 2.21. The van der Waals surface area contributed by atoms with Crippen LogP contribution in [-0.4, -0.2) is 19.4 Å². The molecule has 0 spiro atoms. The van der Waals surface area contributed by atoms with Crippen molar-refractivity contribution in [1.82, 2.24) is 0 Å². The molecule has 1 aromatic carbocycles. The highest BCUT2D eigenvalue weighted by atomic mass is 28.4. The van der Waals surface area contributed by atoms with E-state index in [-0.39, 0.29) is 6.42 Å². The van der Waals surface area contributed by atoms with Gasteiger partial charge in [-0.3, -0.25) is 4.79 Å². The lowest BCUT2D eigenvalue weighted by molar-refractivity contribution is -0.136. The summed E-state index contributed by atoms with van der Waals surface area (Å²) >= 11 is 0. The van der Waals surface area contributed by atoms with Gasteiger partial charge in [-0.1, -0.05) is 30.3 Å². The molecule has 0 aliphatic carbocycles. The van der Waals surface area contributed by atoms with Gasteiger partial charge in [-0.15, -0.1) is 0 Å². The van der Waals surface area contributed by atoms with E-state index in [0.717, 1.165) is 11.3 Å². The van der Waals surface area contributed by atoms with E-state index >= 15 is 0 Å². The number of carboxylic acids is 1. The maximum absolute atomic E-state index is 10.5. The van der Waals surface area contributed by atoms with Gasteiger partial charge in [-0.2, -0.15) is 0 Å². The molecule has 18 heavy (non-hydrogen) atoms. The summed E-state index contributed by atoms with van der Waals surface area (Å²) < 4.78 is 6.01. The van der Waals surface area contributed by atoms with Crippen LogP contribution in [0.3, 0.4) is 0 Å². The molecule has 1 aromatic rings. The molecule has 0 heterocycles. The van der Waals surface area contributed by atoms with Gasteiger partial charge in [0, 0.05) is 12.0 Å². The number of benzene rings is 1. The second-order valence-corrected chi connectivity index (χ2v) is 9.51. The van der Waals surface area contributed by atoms with Crippen molar-refractivity contribution < 1.29 is 14.3 Å². The van der Waals surface area contributed by atoms with Crippen LogP contribution in [0.5, 0.6) is 0 Å². The van der Waals surface area contributed by atoms with E-state index in [4.69, 9.17) is 9.53 Å². The lowest BCUT2D eigenvalue weighted by atomic mass is 10.1. The van der Waals surface area contributed by atoms with Crippen LogP contribution >= 0.6 is 0 Å². The summed E-state index contributed by atoms with van der Waals surface area (Å²) in [6.45, 7) is 6.34. The minimum absolute atomic E-state index is 0.130. The molecule has 0 unspecified atom stereocenters. The normalized spacial score (nSPS) is 12.3. The SMILES string of the molecule is C[Si](C)(C)O/C(=C/CCC(=O)O)c1ccccc1. The molecule has 0 saturated carbocycles. The average molecular weight is 264 g/mol. The van der Waals surface area contributed by atoms with Crippen molar-refractivity contribution in [2.24, 2.45) is 0 Å². The maximum atomic E-state index is 10.5. The summed E-state index contributed by atoms with van der Waals surface area (Å²) in [7, 11) is -1.70. The van der Waals surface area contributed by atoms with Crippen LogP contribution in [0.25, 0.3) is 5.76 Å². The van der Waals surface area contributed by atoms with Gasteiger partial charge in [0.1, 0.15) is 5.76 Å². The zero-order valence-electron chi connectivity index (χ0n) is 11.1. The number of allylic oxidation sites excluding steroid dienone is 1. The quantitative estimate of drug-likeness (QED) is 0.629. The van der Waals surface area contributed by atoms with Crippen LogP contribution in [-0.2, 0) is 9.22 Å². The second kappa shape index (κ2) is 6.40. The van der Waals surface area contributed by atoms with Crippen molar-refractivity contribution in [3.05, 3.63) is 42.0 Å². The van der Waals surface area contributed by atoms with Crippen LogP contribution in [0.15, 0.2) is 36.4 Å². The first-order valence-electron chi connectivity index (χ1n) is 6.05. The predicted octanol–water partition coefficient (Wildman–Crippen LogP) is 3.74. The van der Waals surface area contributed by atoms with E-state index in [9.17, 15) is 4.79 Å². The van der Waals surface area contributed by atoms with Crippen molar-refractivity contribution >= 4 is 20.0 Å². The molecule has 0 bridgehead atoms. The van der Waals surface area contributed by atoms with Gasteiger partial charge in [0.05, 0.1) is 0 Å². The zero-order chi connectivity index (χ0) is 13.6. The standard InChI is InChI=1S/C14H20O3Si/c1-18(2,3)17-13(10-7-11-14(15)16)12-8-5-4-6-9-12/h4-6,8-10H,7,11H2,1-3H3,(H,15,16)/b13-10+. The van der Waals surface area contributed by atoms with Gasteiger partial charge >= 0.3 is 5.97 Å². The third-order valence-corrected chi connectivity index (χ3v) is 2.99. The average Bonchev–Trinajstić information content (AvgIpc) is 2.27. The Kier molecular flexibility index (Phi) is 5.16. The molecule has 3 nitrogen and oxygen atoms in total. The van der Waals surface area contributed by atoms with Gasteiger partial charge in [0.15, 0.2) is 0 Å². The summed E-state index contributed by atoms with van der Waals surface area (Å²) in [5.41, 5.74) is 1.00. The summed E-state index contributed by atoms with van der Waals surface area (Å²) in [5, 5.41) is 8.67. The van der Waals surface area contributed by atoms with E-state index in [2.05, 4.69) is 19.6 Å². The fourth-order valence-corrected chi connectivity index (χ4v) is 2.34. The molecule has 0 aliphatic rings. The summed E-state index contributed by atoms with van der Waals surface area (Å²) in [4.78, 5) is 10.5. The van der Waals surface area contributed by atoms with Crippen LogP contribution in [0.4, 0.5) is 0 Å². The smallest absolute Gasteiger partial charge is 0.303 e. The topological polar surface area (TPSA) is 46.5 Å². The van der Waals surface area contributed by atoms with Gasteiger partial charge < -0.3 is 9.53 Å². The van der Waals surface area contributed by atoms with Gasteiger partial charge in [-0.05, 0) is 32.1 Å². The van der Waals surface area contributed by atoms with Crippen LogP contribution < -0.4 is 0 Å². The molecule has 1 N–H and O–H groups in total.